The summed E-state index contributed by atoms with van der Waals surface area (Å²) < 4.78 is 6.64. The van der Waals surface area contributed by atoms with Gasteiger partial charge in [0.05, 0.1) is 6.10 Å². The van der Waals surface area contributed by atoms with Gasteiger partial charge in [0.1, 0.15) is 11.6 Å². The maximum atomic E-state index is 11.5. The lowest BCUT2D eigenvalue weighted by molar-refractivity contribution is -0.144. The molecule has 4 nitrogen and oxygen atoms in total. The number of rotatable bonds is 5. The van der Waals surface area contributed by atoms with Gasteiger partial charge < -0.3 is 15.6 Å². The molecule has 0 amide bonds. The highest BCUT2D eigenvalue weighted by Crippen LogP contribution is 2.54. The van der Waals surface area contributed by atoms with Crippen molar-refractivity contribution in [2.75, 3.05) is 0 Å². The van der Waals surface area contributed by atoms with Gasteiger partial charge in [0.15, 0.2) is 0 Å². The molecule has 0 unspecified atom stereocenters. The standard InChI is InChI=1S/C24H23NO3/c1-15-9-3-6-12-19(15)24(28-16(2)22(25)23(26)27)20-13-7-4-10-17(20)18-11-5-8-14-21(18)24/h3-14,16,22H,25H2,1-2H3,(H,26,27)/t16-,22+/m1/s1. The number of fused-ring (bicyclic) bond motifs is 3. The molecule has 0 radical (unpaired) electrons. The zero-order chi connectivity index (χ0) is 19.9. The van der Waals surface area contributed by atoms with Gasteiger partial charge >= 0.3 is 5.97 Å². The molecule has 142 valence electrons. The number of carbonyl (C=O) groups is 1. The van der Waals surface area contributed by atoms with Gasteiger partial charge in [-0.3, -0.25) is 4.79 Å². The number of carboxylic acid groups (broad SMARTS) is 1. The van der Waals surface area contributed by atoms with Crippen LogP contribution in [0.3, 0.4) is 0 Å². The van der Waals surface area contributed by atoms with Gasteiger partial charge in [-0.1, -0.05) is 72.8 Å². The second kappa shape index (κ2) is 6.89. The molecule has 0 bridgehead atoms. The number of carboxylic acids is 1. The Balaban J connectivity index is 2.02. The van der Waals surface area contributed by atoms with Crippen LogP contribution in [0.5, 0.6) is 0 Å². The van der Waals surface area contributed by atoms with E-state index in [0.717, 1.165) is 33.4 Å². The van der Waals surface area contributed by atoms with Crippen LogP contribution < -0.4 is 5.73 Å². The largest absolute Gasteiger partial charge is 0.480 e. The summed E-state index contributed by atoms with van der Waals surface area (Å²) in [6, 6.07) is 23.2. The van der Waals surface area contributed by atoms with E-state index in [1.54, 1.807) is 6.92 Å². The Morgan fingerprint density at radius 2 is 1.36 bits per heavy atom. The fraction of sp³-hybridized carbons (Fsp3) is 0.208. The molecule has 1 aliphatic carbocycles. The van der Waals surface area contributed by atoms with Crippen molar-refractivity contribution in [1.29, 1.82) is 0 Å². The molecule has 0 aliphatic heterocycles. The fourth-order valence-corrected chi connectivity index (χ4v) is 4.20. The van der Waals surface area contributed by atoms with Gasteiger partial charge in [0.2, 0.25) is 0 Å². The first-order valence-electron chi connectivity index (χ1n) is 9.38. The van der Waals surface area contributed by atoms with E-state index in [-0.39, 0.29) is 0 Å². The van der Waals surface area contributed by atoms with E-state index >= 15 is 0 Å². The summed E-state index contributed by atoms with van der Waals surface area (Å²) in [6.07, 6.45) is -0.698. The number of benzene rings is 3. The molecule has 28 heavy (non-hydrogen) atoms. The summed E-state index contributed by atoms with van der Waals surface area (Å²) in [7, 11) is 0. The van der Waals surface area contributed by atoms with E-state index in [9.17, 15) is 9.90 Å². The second-order valence-corrected chi connectivity index (χ2v) is 7.27. The van der Waals surface area contributed by atoms with Crippen molar-refractivity contribution in [2.24, 2.45) is 5.73 Å². The molecule has 3 N–H and O–H groups in total. The third-order valence-corrected chi connectivity index (χ3v) is 5.58. The Morgan fingerprint density at radius 1 is 0.893 bits per heavy atom. The minimum absolute atomic E-state index is 0.698. The van der Waals surface area contributed by atoms with E-state index in [1.165, 1.54) is 0 Å². The van der Waals surface area contributed by atoms with Crippen molar-refractivity contribution in [3.63, 3.8) is 0 Å². The molecule has 3 aromatic rings. The number of hydrogen-bond acceptors (Lipinski definition) is 3. The van der Waals surface area contributed by atoms with Crippen LogP contribution in [0.2, 0.25) is 0 Å². The van der Waals surface area contributed by atoms with Crippen LogP contribution in [-0.2, 0) is 15.1 Å². The van der Waals surface area contributed by atoms with Crippen molar-refractivity contribution in [2.45, 2.75) is 31.6 Å². The van der Waals surface area contributed by atoms with Gasteiger partial charge in [-0.05, 0) is 36.1 Å². The maximum absolute atomic E-state index is 11.5. The van der Waals surface area contributed by atoms with Crippen molar-refractivity contribution in [3.8, 4) is 11.1 Å². The Hall–Kier alpha value is -2.95. The van der Waals surface area contributed by atoms with E-state index in [2.05, 4.69) is 24.3 Å². The Labute approximate surface area is 164 Å². The van der Waals surface area contributed by atoms with Crippen LogP contribution in [0.15, 0.2) is 72.8 Å². The maximum Gasteiger partial charge on any atom is 0.323 e. The van der Waals surface area contributed by atoms with Gasteiger partial charge in [-0.25, -0.2) is 0 Å². The molecular formula is C24H23NO3. The molecule has 4 heteroatoms. The summed E-state index contributed by atoms with van der Waals surface area (Å²) >= 11 is 0. The SMILES string of the molecule is Cc1ccccc1C1(O[C@H](C)[C@H](N)C(=O)O)c2ccccc2-c2ccccc21. The number of nitrogens with two attached hydrogens (primary N) is 1. The van der Waals surface area contributed by atoms with Crippen LogP contribution in [0.1, 0.15) is 29.2 Å². The van der Waals surface area contributed by atoms with Gasteiger partial charge in [0.25, 0.3) is 0 Å². The molecule has 0 saturated carbocycles. The lowest BCUT2D eigenvalue weighted by atomic mass is 9.81. The average molecular weight is 373 g/mol. The van der Waals surface area contributed by atoms with Crippen LogP contribution in [0.25, 0.3) is 11.1 Å². The molecule has 0 saturated heterocycles. The van der Waals surface area contributed by atoms with E-state index < -0.39 is 23.7 Å². The van der Waals surface area contributed by atoms with Gasteiger partial charge in [0, 0.05) is 11.1 Å². The predicted molar refractivity (Wildman–Crippen MR) is 109 cm³/mol. The molecule has 1 aliphatic rings. The highest BCUT2D eigenvalue weighted by Gasteiger charge is 2.48. The van der Waals surface area contributed by atoms with Crippen LogP contribution in [0.4, 0.5) is 0 Å². The molecule has 0 spiro atoms. The van der Waals surface area contributed by atoms with Crippen LogP contribution in [-0.4, -0.2) is 23.2 Å². The van der Waals surface area contributed by atoms with Crippen molar-refractivity contribution < 1.29 is 14.6 Å². The molecule has 0 heterocycles. The summed E-state index contributed by atoms with van der Waals surface area (Å²) in [5.74, 6) is -1.08. The lowest BCUT2D eigenvalue weighted by Gasteiger charge is -2.37. The Morgan fingerprint density at radius 3 is 1.86 bits per heavy atom. The summed E-state index contributed by atoms with van der Waals surface area (Å²) in [5.41, 5.74) is 11.3. The summed E-state index contributed by atoms with van der Waals surface area (Å²) in [5, 5.41) is 9.42. The molecule has 4 rings (SSSR count). The third-order valence-electron chi connectivity index (χ3n) is 5.58. The van der Waals surface area contributed by atoms with E-state index in [0.29, 0.717) is 0 Å². The second-order valence-electron chi connectivity index (χ2n) is 7.27. The van der Waals surface area contributed by atoms with Crippen molar-refractivity contribution in [1.82, 2.24) is 0 Å². The highest BCUT2D eigenvalue weighted by molar-refractivity contribution is 5.82. The lowest BCUT2D eigenvalue weighted by Crippen LogP contribution is -2.46. The first-order chi connectivity index (χ1) is 13.5. The zero-order valence-corrected chi connectivity index (χ0v) is 15.9. The van der Waals surface area contributed by atoms with E-state index in [4.69, 9.17) is 10.5 Å². The van der Waals surface area contributed by atoms with Gasteiger partial charge in [-0.2, -0.15) is 0 Å². The van der Waals surface area contributed by atoms with Crippen molar-refractivity contribution in [3.05, 3.63) is 95.1 Å². The fourth-order valence-electron chi connectivity index (χ4n) is 4.20. The van der Waals surface area contributed by atoms with Crippen LogP contribution in [0, 0.1) is 6.92 Å². The Bertz CT molecular complexity index is 998. The minimum atomic E-state index is -1.12. The van der Waals surface area contributed by atoms with Gasteiger partial charge in [-0.15, -0.1) is 0 Å². The number of ether oxygens (including phenoxy) is 1. The van der Waals surface area contributed by atoms with Crippen LogP contribution >= 0.6 is 0 Å². The first kappa shape index (κ1) is 18.4. The zero-order valence-electron chi connectivity index (χ0n) is 15.9. The molecule has 0 aromatic heterocycles. The average Bonchev–Trinajstić information content (AvgIpc) is 2.99. The topological polar surface area (TPSA) is 72.5 Å². The summed E-state index contributed by atoms with van der Waals surface area (Å²) in [6.45, 7) is 3.77. The third kappa shape index (κ3) is 2.65. The highest BCUT2D eigenvalue weighted by atomic mass is 16.5. The quantitative estimate of drug-likeness (QED) is 0.707. The molecule has 0 fully saturated rings. The first-order valence-corrected chi connectivity index (χ1v) is 9.38. The number of aryl methyl sites for hydroxylation is 1. The number of aliphatic carboxylic acids is 1. The normalized spacial score (nSPS) is 16.1. The smallest absolute Gasteiger partial charge is 0.323 e. The summed E-state index contributed by atoms with van der Waals surface area (Å²) in [4.78, 5) is 11.5. The molecule has 2 atom stereocenters. The van der Waals surface area contributed by atoms with E-state index in [1.807, 2.05) is 55.5 Å². The molecule has 3 aromatic carbocycles. The van der Waals surface area contributed by atoms with Crippen molar-refractivity contribution >= 4 is 5.97 Å². The number of hydrogen-bond donors (Lipinski definition) is 2. The predicted octanol–water partition coefficient (Wildman–Crippen LogP) is 4.08. The minimum Gasteiger partial charge on any atom is -0.480 e. The molecular weight excluding hydrogens is 350 g/mol. The monoisotopic (exact) mass is 373 g/mol. The Kier molecular flexibility index (Phi) is 4.53.